The van der Waals surface area contributed by atoms with Gasteiger partial charge in [0.2, 0.25) is 0 Å². The van der Waals surface area contributed by atoms with Crippen LogP contribution in [-0.2, 0) is 14.3 Å². The number of carbonyl (C=O) groups is 2. The van der Waals surface area contributed by atoms with Crippen molar-refractivity contribution in [2.45, 2.75) is 26.4 Å². The van der Waals surface area contributed by atoms with Crippen LogP contribution in [0.1, 0.15) is 31.9 Å². The molecule has 0 spiro atoms. The summed E-state index contributed by atoms with van der Waals surface area (Å²) < 4.78 is 5.41. The van der Waals surface area contributed by atoms with Crippen molar-refractivity contribution in [2.24, 2.45) is 4.99 Å². The maximum atomic E-state index is 13.0. The predicted octanol–water partition coefficient (Wildman–Crippen LogP) is 4.39. The van der Waals surface area contributed by atoms with Crippen molar-refractivity contribution in [1.82, 2.24) is 4.90 Å². The highest BCUT2D eigenvalue weighted by Gasteiger charge is 2.32. The Hall–Kier alpha value is -3.67. The van der Waals surface area contributed by atoms with Gasteiger partial charge < -0.3 is 9.64 Å². The topological polar surface area (TPSA) is 62.2 Å². The molecule has 2 aromatic carbocycles. The molecule has 0 N–H and O–H groups in total. The molecule has 1 aliphatic rings. The Morgan fingerprint density at radius 1 is 1.00 bits per heavy atom. The predicted molar refractivity (Wildman–Crippen MR) is 129 cm³/mol. The van der Waals surface area contributed by atoms with Gasteiger partial charge in [0, 0.05) is 19.8 Å². The lowest BCUT2D eigenvalue weighted by atomic mass is 10.2. The second-order valence-corrected chi connectivity index (χ2v) is 8.71. The van der Waals surface area contributed by atoms with E-state index >= 15 is 0 Å². The molecule has 0 aliphatic carbocycles. The molecule has 166 valence electrons. The van der Waals surface area contributed by atoms with Crippen molar-refractivity contribution in [3.63, 3.8) is 0 Å². The van der Waals surface area contributed by atoms with Crippen LogP contribution in [0, 0.1) is 0 Å². The molecule has 6 nitrogen and oxygen atoms in total. The van der Waals surface area contributed by atoms with E-state index in [0.29, 0.717) is 5.84 Å². The quantitative estimate of drug-likeness (QED) is 0.503. The van der Waals surface area contributed by atoms with Crippen molar-refractivity contribution in [3.05, 3.63) is 77.5 Å². The number of carbonyl (C=O) groups excluding carboxylic acids is 2. The number of nitrogens with zero attached hydrogens (tertiary/aromatic N) is 3. The van der Waals surface area contributed by atoms with E-state index in [9.17, 15) is 9.59 Å². The van der Waals surface area contributed by atoms with Crippen LogP contribution in [0.15, 0.2) is 71.4 Å². The van der Waals surface area contributed by atoms with Crippen molar-refractivity contribution in [2.75, 3.05) is 25.5 Å². The van der Waals surface area contributed by atoms with Crippen LogP contribution < -0.4 is 4.90 Å². The van der Waals surface area contributed by atoms with Gasteiger partial charge in [0.15, 0.2) is 0 Å². The Labute approximate surface area is 189 Å². The van der Waals surface area contributed by atoms with Gasteiger partial charge in [0.25, 0.3) is 5.91 Å². The summed E-state index contributed by atoms with van der Waals surface area (Å²) in [6.07, 6.45) is 5.34. The van der Waals surface area contributed by atoms with Crippen LogP contribution in [0.2, 0.25) is 0 Å². The van der Waals surface area contributed by atoms with Crippen molar-refractivity contribution in [1.29, 1.82) is 0 Å². The smallest absolute Gasteiger partial charge is 0.326 e. The highest BCUT2D eigenvalue weighted by molar-refractivity contribution is 6.19. The fraction of sp³-hybridized carbons (Fsp3) is 0.269. The van der Waals surface area contributed by atoms with E-state index < -0.39 is 11.6 Å². The first-order valence-corrected chi connectivity index (χ1v) is 10.5. The molecule has 3 rings (SSSR count). The SMILES string of the molecule is CN(C)c1ccc(C=CC2=NC(=Cc3ccccc3)C(=O)N2CC(=O)OC(C)(C)C)cc1. The second-order valence-electron chi connectivity index (χ2n) is 8.71. The summed E-state index contributed by atoms with van der Waals surface area (Å²) >= 11 is 0. The standard InChI is InChI=1S/C26H29N3O3/c1-26(2,3)32-24(30)18-29-23(16-13-19-11-14-21(15-12-19)28(4)5)27-22(25(29)31)17-20-9-7-6-8-10-20/h6-17H,18H2,1-5H3. The number of aliphatic imine (C=N–C) groups is 1. The summed E-state index contributed by atoms with van der Waals surface area (Å²) in [7, 11) is 3.97. The van der Waals surface area contributed by atoms with Crippen LogP contribution in [0.25, 0.3) is 12.2 Å². The lowest BCUT2D eigenvalue weighted by Crippen LogP contribution is -2.39. The minimum Gasteiger partial charge on any atom is -0.459 e. The number of esters is 1. The maximum Gasteiger partial charge on any atom is 0.326 e. The summed E-state index contributed by atoms with van der Waals surface area (Å²) in [5.41, 5.74) is 2.56. The van der Waals surface area contributed by atoms with E-state index in [1.54, 1.807) is 32.9 Å². The molecule has 1 aliphatic heterocycles. The molecule has 2 aromatic rings. The first-order chi connectivity index (χ1) is 15.1. The minimum atomic E-state index is -0.635. The molecule has 0 unspecified atom stereocenters. The van der Waals surface area contributed by atoms with Gasteiger partial charge in [-0.3, -0.25) is 14.5 Å². The number of amides is 1. The number of hydrogen-bond acceptors (Lipinski definition) is 5. The Morgan fingerprint density at radius 3 is 2.25 bits per heavy atom. The monoisotopic (exact) mass is 431 g/mol. The highest BCUT2D eigenvalue weighted by Crippen LogP contribution is 2.21. The second kappa shape index (κ2) is 9.64. The summed E-state index contributed by atoms with van der Waals surface area (Å²) in [5, 5.41) is 0. The lowest BCUT2D eigenvalue weighted by Gasteiger charge is -2.22. The molecule has 0 saturated carbocycles. The molecule has 0 bridgehead atoms. The van der Waals surface area contributed by atoms with Gasteiger partial charge in [-0.15, -0.1) is 0 Å². The number of anilines is 1. The Balaban J connectivity index is 1.88. The summed E-state index contributed by atoms with van der Waals surface area (Å²) in [4.78, 5) is 33.4. The third-order valence-corrected chi connectivity index (χ3v) is 4.62. The van der Waals surface area contributed by atoms with Crippen LogP contribution in [0.3, 0.4) is 0 Å². The van der Waals surface area contributed by atoms with E-state index in [1.807, 2.05) is 79.7 Å². The van der Waals surface area contributed by atoms with Gasteiger partial charge in [-0.1, -0.05) is 48.5 Å². The molecule has 0 fully saturated rings. The molecular formula is C26H29N3O3. The normalized spacial score (nSPS) is 15.4. The molecule has 0 atom stereocenters. The van der Waals surface area contributed by atoms with Crippen LogP contribution in [-0.4, -0.2) is 48.9 Å². The first-order valence-electron chi connectivity index (χ1n) is 10.5. The lowest BCUT2D eigenvalue weighted by molar-refractivity contribution is -0.156. The maximum absolute atomic E-state index is 13.0. The molecule has 6 heteroatoms. The van der Waals surface area contributed by atoms with Gasteiger partial charge >= 0.3 is 5.97 Å². The van der Waals surface area contributed by atoms with Crippen LogP contribution in [0.5, 0.6) is 0 Å². The Morgan fingerprint density at radius 2 is 1.66 bits per heavy atom. The fourth-order valence-corrected chi connectivity index (χ4v) is 3.11. The van der Waals surface area contributed by atoms with Crippen molar-refractivity contribution >= 4 is 35.6 Å². The van der Waals surface area contributed by atoms with Gasteiger partial charge in [-0.25, -0.2) is 4.99 Å². The molecule has 0 saturated heterocycles. The zero-order chi connectivity index (χ0) is 23.3. The highest BCUT2D eigenvalue weighted by atomic mass is 16.6. The molecule has 32 heavy (non-hydrogen) atoms. The number of rotatable bonds is 6. The van der Waals surface area contributed by atoms with Gasteiger partial charge in [0.05, 0.1) is 0 Å². The Kier molecular flexibility index (Phi) is 6.93. The molecule has 0 radical (unpaired) electrons. The van der Waals surface area contributed by atoms with Crippen LogP contribution >= 0.6 is 0 Å². The molecule has 0 aromatic heterocycles. The number of ether oxygens (including phenoxy) is 1. The van der Waals surface area contributed by atoms with E-state index in [4.69, 9.17) is 4.74 Å². The summed E-state index contributed by atoms with van der Waals surface area (Å²) in [5.74, 6) is -0.412. The number of hydrogen-bond donors (Lipinski definition) is 0. The largest absolute Gasteiger partial charge is 0.459 e. The zero-order valence-corrected chi connectivity index (χ0v) is 19.2. The van der Waals surface area contributed by atoms with E-state index in [-0.39, 0.29) is 18.1 Å². The number of benzene rings is 2. The molecular weight excluding hydrogens is 402 g/mol. The van der Waals surface area contributed by atoms with Gasteiger partial charge in [0.1, 0.15) is 23.7 Å². The Bertz CT molecular complexity index is 1060. The number of amidine groups is 1. The van der Waals surface area contributed by atoms with Crippen molar-refractivity contribution in [3.8, 4) is 0 Å². The summed E-state index contributed by atoms with van der Waals surface area (Å²) in [6, 6.07) is 17.5. The van der Waals surface area contributed by atoms with Crippen LogP contribution in [0.4, 0.5) is 5.69 Å². The third kappa shape index (κ3) is 6.17. The minimum absolute atomic E-state index is 0.203. The summed E-state index contributed by atoms with van der Waals surface area (Å²) in [6.45, 7) is 5.18. The third-order valence-electron chi connectivity index (χ3n) is 4.62. The average molecular weight is 432 g/mol. The molecule has 1 amide bonds. The van der Waals surface area contributed by atoms with E-state index in [2.05, 4.69) is 4.99 Å². The molecule has 1 heterocycles. The van der Waals surface area contributed by atoms with E-state index in [0.717, 1.165) is 16.8 Å². The van der Waals surface area contributed by atoms with E-state index in [1.165, 1.54) is 4.90 Å². The van der Waals surface area contributed by atoms with Gasteiger partial charge in [-0.2, -0.15) is 0 Å². The van der Waals surface area contributed by atoms with Crippen molar-refractivity contribution < 1.29 is 14.3 Å². The van der Waals surface area contributed by atoms with Gasteiger partial charge in [-0.05, 0) is 56.2 Å². The fourth-order valence-electron chi connectivity index (χ4n) is 3.11. The average Bonchev–Trinajstić information content (AvgIpc) is 3.01. The first kappa shape index (κ1) is 23.0. The zero-order valence-electron chi connectivity index (χ0n) is 19.2.